The molecular formula is C16H25ClN2O2. The topological polar surface area (TPSA) is 64.3 Å². The maximum absolute atomic E-state index is 11.7. The Morgan fingerprint density at radius 3 is 2.57 bits per heavy atom. The van der Waals surface area contributed by atoms with Gasteiger partial charge in [0.05, 0.1) is 0 Å². The molecular weight excluding hydrogens is 288 g/mol. The van der Waals surface area contributed by atoms with Gasteiger partial charge in [-0.3, -0.25) is 0 Å². The van der Waals surface area contributed by atoms with Crippen molar-refractivity contribution < 1.29 is 9.53 Å². The predicted molar refractivity (Wildman–Crippen MR) is 86.7 cm³/mol. The van der Waals surface area contributed by atoms with Gasteiger partial charge < -0.3 is 15.8 Å². The summed E-state index contributed by atoms with van der Waals surface area (Å²) < 4.78 is 5.22. The van der Waals surface area contributed by atoms with E-state index in [0.29, 0.717) is 6.42 Å². The summed E-state index contributed by atoms with van der Waals surface area (Å²) in [6, 6.07) is 5.46. The van der Waals surface area contributed by atoms with E-state index in [-0.39, 0.29) is 12.1 Å². The number of halogens is 1. The Hall–Kier alpha value is -1.26. The average molecular weight is 313 g/mol. The third-order valence-electron chi connectivity index (χ3n) is 3.08. The summed E-state index contributed by atoms with van der Waals surface area (Å²) in [5.74, 6) is 0. The fourth-order valence-electron chi connectivity index (χ4n) is 1.88. The molecule has 4 nitrogen and oxygen atoms in total. The second-order valence-electron chi connectivity index (χ2n) is 6.39. The van der Waals surface area contributed by atoms with E-state index in [2.05, 4.69) is 5.32 Å². The maximum Gasteiger partial charge on any atom is 0.407 e. The van der Waals surface area contributed by atoms with Gasteiger partial charge in [-0.15, -0.1) is 0 Å². The minimum Gasteiger partial charge on any atom is -0.444 e. The first-order chi connectivity index (χ1) is 9.58. The van der Waals surface area contributed by atoms with Crippen molar-refractivity contribution in [1.82, 2.24) is 5.32 Å². The highest BCUT2D eigenvalue weighted by Crippen LogP contribution is 2.17. The summed E-state index contributed by atoms with van der Waals surface area (Å²) in [6.45, 7) is 9.31. The van der Waals surface area contributed by atoms with Gasteiger partial charge in [0.25, 0.3) is 0 Å². The first kappa shape index (κ1) is 17.8. The molecule has 0 aliphatic carbocycles. The smallest absolute Gasteiger partial charge is 0.407 e. The fraction of sp³-hybridized carbons (Fsp3) is 0.562. The number of benzene rings is 1. The zero-order valence-electron chi connectivity index (χ0n) is 13.4. The Morgan fingerprint density at radius 1 is 1.43 bits per heavy atom. The van der Waals surface area contributed by atoms with E-state index >= 15 is 0 Å². The standard InChI is InChI=1S/C16H25ClN2O2/c1-10-8-12(6-7-13(10)17)9-14(18)11(2)19-15(20)21-16(3,4)5/h6-8,11,14H,9,18H2,1-5H3,(H,19,20). The van der Waals surface area contributed by atoms with Gasteiger partial charge in [-0.1, -0.05) is 23.7 Å². The van der Waals surface area contributed by atoms with Crippen LogP contribution < -0.4 is 11.1 Å². The first-order valence-corrected chi connectivity index (χ1v) is 7.46. The summed E-state index contributed by atoms with van der Waals surface area (Å²) in [5.41, 5.74) is 7.76. The lowest BCUT2D eigenvalue weighted by Gasteiger charge is -2.25. The molecule has 0 spiro atoms. The molecule has 0 aromatic heterocycles. The molecule has 1 rings (SSSR count). The van der Waals surface area contributed by atoms with Crippen LogP contribution in [0.4, 0.5) is 4.79 Å². The van der Waals surface area contributed by atoms with Crippen LogP contribution in [0.15, 0.2) is 18.2 Å². The molecule has 0 saturated carbocycles. The van der Waals surface area contributed by atoms with Crippen LogP contribution in [0.25, 0.3) is 0 Å². The number of hydrogen-bond donors (Lipinski definition) is 2. The average Bonchev–Trinajstić information content (AvgIpc) is 2.31. The molecule has 2 atom stereocenters. The van der Waals surface area contributed by atoms with E-state index < -0.39 is 11.7 Å². The zero-order chi connectivity index (χ0) is 16.2. The Morgan fingerprint density at radius 2 is 2.05 bits per heavy atom. The van der Waals surface area contributed by atoms with Crippen LogP contribution >= 0.6 is 11.6 Å². The number of alkyl carbamates (subject to hydrolysis) is 1. The third kappa shape index (κ3) is 6.36. The number of rotatable bonds is 4. The lowest BCUT2D eigenvalue weighted by Crippen LogP contribution is -2.48. The summed E-state index contributed by atoms with van der Waals surface area (Å²) >= 11 is 6.01. The Bertz CT molecular complexity index is 498. The summed E-state index contributed by atoms with van der Waals surface area (Å²) in [6.07, 6.45) is 0.215. The molecule has 0 bridgehead atoms. The number of carbonyl (C=O) groups excluding carboxylic acids is 1. The second-order valence-corrected chi connectivity index (χ2v) is 6.79. The molecule has 0 aliphatic heterocycles. The van der Waals surface area contributed by atoms with Gasteiger partial charge >= 0.3 is 6.09 Å². The van der Waals surface area contributed by atoms with E-state index in [1.54, 1.807) is 0 Å². The van der Waals surface area contributed by atoms with E-state index in [0.717, 1.165) is 16.1 Å². The lowest BCUT2D eigenvalue weighted by atomic mass is 10.00. The molecule has 0 aliphatic rings. The van der Waals surface area contributed by atoms with Crippen LogP contribution in [0.5, 0.6) is 0 Å². The molecule has 5 heteroatoms. The molecule has 0 radical (unpaired) electrons. The SMILES string of the molecule is Cc1cc(CC(N)C(C)NC(=O)OC(C)(C)C)ccc1Cl. The van der Waals surface area contributed by atoms with Gasteiger partial charge in [-0.05, 0) is 58.2 Å². The van der Waals surface area contributed by atoms with Crippen molar-refractivity contribution >= 4 is 17.7 Å². The van der Waals surface area contributed by atoms with Crippen molar-refractivity contribution in [2.24, 2.45) is 5.73 Å². The number of hydrogen-bond acceptors (Lipinski definition) is 3. The Kier molecular flexibility index (Phi) is 6.05. The predicted octanol–water partition coefficient (Wildman–Crippen LogP) is 3.43. The minimum absolute atomic E-state index is 0.184. The maximum atomic E-state index is 11.7. The number of carbonyl (C=O) groups is 1. The van der Waals surface area contributed by atoms with Crippen molar-refractivity contribution in [3.05, 3.63) is 34.3 Å². The van der Waals surface area contributed by atoms with Crippen LogP contribution in [-0.4, -0.2) is 23.8 Å². The van der Waals surface area contributed by atoms with Crippen molar-refractivity contribution in [2.75, 3.05) is 0 Å². The number of nitrogens with two attached hydrogens (primary N) is 1. The van der Waals surface area contributed by atoms with Gasteiger partial charge in [0.2, 0.25) is 0 Å². The number of nitrogens with one attached hydrogen (secondary N) is 1. The van der Waals surface area contributed by atoms with Crippen molar-refractivity contribution in [3.8, 4) is 0 Å². The first-order valence-electron chi connectivity index (χ1n) is 7.08. The van der Waals surface area contributed by atoms with E-state index in [4.69, 9.17) is 22.1 Å². The Labute approximate surface area is 132 Å². The summed E-state index contributed by atoms with van der Waals surface area (Å²) in [5, 5.41) is 3.51. The molecule has 1 amide bonds. The molecule has 21 heavy (non-hydrogen) atoms. The summed E-state index contributed by atoms with van der Waals surface area (Å²) in [7, 11) is 0. The van der Waals surface area contributed by atoms with Crippen molar-refractivity contribution in [2.45, 2.75) is 58.7 Å². The minimum atomic E-state index is -0.513. The van der Waals surface area contributed by atoms with E-state index in [9.17, 15) is 4.79 Å². The molecule has 3 N–H and O–H groups in total. The molecule has 1 aromatic carbocycles. The highest BCUT2D eigenvalue weighted by atomic mass is 35.5. The molecule has 2 unspecified atom stereocenters. The normalized spacial score (nSPS) is 14.4. The Balaban J connectivity index is 2.56. The summed E-state index contributed by atoms with van der Waals surface area (Å²) in [4.78, 5) is 11.7. The molecule has 118 valence electrons. The number of ether oxygens (including phenoxy) is 1. The van der Waals surface area contributed by atoms with Crippen LogP contribution in [0.3, 0.4) is 0 Å². The van der Waals surface area contributed by atoms with Crippen LogP contribution in [-0.2, 0) is 11.2 Å². The highest BCUT2D eigenvalue weighted by Gasteiger charge is 2.20. The number of amides is 1. The number of aryl methyl sites for hydroxylation is 1. The van der Waals surface area contributed by atoms with Gasteiger partial charge in [-0.2, -0.15) is 0 Å². The zero-order valence-corrected chi connectivity index (χ0v) is 14.1. The van der Waals surface area contributed by atoms with Gasteiger partial charge in [0.1, 0.15) is 5.60 Å². The van der Waals surface area contributed by atoms with Crippen LogP contribution in [0, 0.1) is 6.92 Å². The van der Waals surface area contributed by atoms with E-state index in [1.807, 2.05) is 52.8 Å². The monoisotopic (exact) mass is 312 g/mol. The highest BCUT2D eigenvalue weighted by molar-refractivity contribution is 6.31. The fourth-order valence-corrected chi connectivity index (χ4v) is 2.00. The van der Waals surface area contributed by atoms with Gasteiger partial charge in [0.15, 0.2) is 0 Å². The van der Waals surface area contributed by atoms with Crippen molar-refractivity contribution in [1.29, 1.82) is 0 Å². The lowest BCUT2D eigenvalue weighted by molar-refractivity contribution is 0.0501. The molecule has 0 heterocycles. The van der Waals surface area contributed by atoms with Crippen LogP contribution in [0.1, 0.15) is 38.8 Å². The molecule has 0 saturated heterocycles. The van der Waals surface area contributed by atoms with Gasteiger partial charge in [0, 0.05) is 17.1 Å². The van der Waals surface area contributed by atoms with Crippen molar-refractivity contribution in [3.63, 3.8) is 0 Å². The van der Waals surface area contributed by atoms with Gasteiger partial charge in [-0.25, -0.2) is 4.79 Å². The largest absolute Gasteiger partial charge is 0.444 e. The third-order valence-corrected chi connectivity index (χ3v) is 3.50. The molecule has 1 aromatic rings. The second kappa shape index (κ2) is 7.14. The van der Waals surface area contributed by atoms with E-state index in [1.165, 1.54) is 0 Å². The molecule has 0 fully saturated rings. The van der Waals surface area contributed by atoms with Crippen LogP contribution in [0.2, 0.25) is 5.02 Å². The quantitative estimate of drug-likeness (QED) is 0.895.